The van der Waals surface area contributed by atoms with E-state index in [1.807, 2.05) is 6.92 Å². The van der Waals surface area contributed by atoms with E-state index in [1.165, 1.54) is 12.0 Å². The molecule has 0 aliphatic carbocycles. The van der Waals surface area contributed by atoms with Crippen LogP contribution in [0, 0.1) is 0 Å². The maximum absolute atomic E-state index is 11.9. The Morgan fingerprint density at radius 3 is 2.75 bits per heavy atom. The summed E-state index contributed by atoms with van der Waals surface area (Å²) in [5, 5.41) is 2.66. The number of hydrogen-bond acceptors (Lipinski definition) is 4. The molecule has 1 aromatic carbocycles. The molecule has 0 radical (unpaired) electrons. The third-order valence-electron chi connectivity index (χ3n) is 3.11. The molecule has 0 aromatic heterocycles. The summed E-state index contributed by atoms with van der Waals surface area (Å²) < 4.78 is 5.04. The Balaban J connectivity index is 2.18. The first kappa shape index (κ1) is 14.0. The summed E-state index contributed by atoms with van der Waals surface area (Å²) in [6.07, 6.45) is 0.165. The van der Waals surface area contributed by atoms with E-state index in [2.05, 4.69) is 5.32 Å². The van der Waals surface area contributed by atoms with Crippen LogP contribution in [0.1, 0.15) is 23.7 Å². The monoisotopic (exact) mass is 276 g/mol. The highest BCUT2D eigenvalue weighted by Crippen LogP contribution is 2.31. The lowest BCUT2D eigenvalue weighted by molar-refractivity contribution is -0.120. The standard InChI is InChI=1S/C14H16N2O4/c1-3-15-12(17)6-7-16-11-5-4-9(20-2)8-10(11)13(18)14(16)19/h4-5,8H,3,6-7H2,1-2H3,(H,15,17). The van der Waals surface area contributed by atoms with Gasteiger partial charge in [-0.2, -0.15) is 0 Å². The van der Waals surface area contributed by atoms with E-state index in [9.17, 15) is 14.4 Å². The summed E-state index contributed by atoms with van der Waals surface area (Å²) in [6, 6.07) is 4.89. The van der Waals surface area contributed by atoms with Crippen LogP contribution in [-0.2, 0) is 9.59 Å². The third-order valence-corrected chi connectivity index (χ3v) is 3.11. The number of carbonyl (C=O) groups excluding carboxylic acids is 3. The van der Waals surface area contributed by atoms with E-state index >= 15 is 0 Å². The molecule has 1 N–H and O–H groups in total. The molecule has 0 unspecified atom stereocenters. The summed E-state index contributed by atoms with van der Waals surface area (Å²) in [5.41, 5.74) is 0.857. The van der Waals surface area contributed by atoms with Gasteiger partial charge in [0.15, 0.2) is 0 Å². The van der Waals surface area contributed by atoms with E-state index in [4.69, 9.17) is 4.74 Å². The normalized spacial score (nSPS) is 13.4. The molecule has 0 saturated carbocycles. The number of nitrogens with one attached hydrogen (secondary N) is 1. The number of amides is 2. The van der Waals surface area contributed by atoms with Gasteiger partial charge >= 0.3 is 0 Å². The van der Waals surface area contributed by atoms with E-state index in [-0.39, 0.29) is 18.9 Å². The highest BCUT2D eigenvalue weighted by molar-refractivity contribution is 6.52. The van der Waals surface area contributed by atoms with Gasteiger partial charge in [-0.1, -0.05) is 0 Å². The fourth-order valence-corrected chi connectivity index (χ4v) is 2.13. The van der Waals surface area contributed by atoms with Gasteiger partial charge in [0.1, 0.15) is 5.75 Å². The van der Waals surface area contributed by atoms with Crippen molar-refractivity contribution in [2.45, 2.75) is 13.3 Å². The van der Waals surface area contributed by atoms with Crippen LogP contribution < -0.4 is 15.0 Å². The Hall–Kier alpha value is -2.37. The smallest absolute Gasteiger partial charge is 0.299 e. The zero-order valence-corrected chi connectivity index (χ0v) is 11.4. The Bertz CT molecular complexity index is 568. The predicted molar refractivity (Wildman–Crippen MR) is 73.0 cm³/mol. The summed E-state index contributed by atoms with van der Waals surface area (Å²) in [6.45, 7) is 2.55. The molecule has 0 atom stereocenters. The van der Waals surface area contributed by atoms with Gasteiger partial charge in [0.2, 0.25) is 5.91 Å². The lowest BCUT2D eigenvalue weighted by Crippen LogP contribution is -2.34. The fourth-order valence-electron chi connectivity index (χ4n) is 2.13. The van der Waals surface area contributed by atoms with E-state index in [1.54, 1.807) is 18.2 Å². The van der Waals surface area contributed by atoms with Crippen molar-refractivity contribution >= 4 is 23.3 Å². The predicted octanol–water partition coefficient (Wildman–Crippen LogP) is 0.751. The maximum Gasteiger partial charge on any atom is 0.299 e. The molecular formula is C14H16N2O4. The first-order valence-corrected chi connectivity index (χ1v) is 6.39. The topological polar surface area (TPSA) is 75.7 Å². The lowest BCUT2D eigenvalue weighted by atomic mass is 10.1. The van der Waals surface area contributed by atoms with Gasteiger partial charge in [-0.25, -0.2) is 0 Å². The fraction of sp³-hybridized carbons (Fsp3) is 0.357. The summed E-state index contributed by atoms with van der Waals surface area (Å²) >= 11 is 0. The third kappa shape index (κ3) is 2.49. The van der Waals surface area contributed by atoms with Gasteiger partial charge in [0, 0.05) is 19.5 Å². The first-order valence-electron chi connectivity index (χ1n) is 6.39. The van der Waals surface area contributed by atoms with Gasteiger partial charge in [0.05, 0.1) is 18.4 Å². The van der Waals surface area contributed by atoms with Crippen LogP contribution in [0.3, 0.4) is 0 Å². The minimum absolute atomic E-state index is 0.144. The molecule has 0 fully saturated rings. The van der Waals surface area contributed by atoms with Crippen LogP contribution in [0.25, 0.3) is 0 Å². The largest absolute Gasteiger partial charge is 0.497 e. The van der Waals surface area contributed by atoms with E-state index in [0.717, 1.165) is 0 Å². The molecule has 1 heterocycles. The number of ketones is 1. The second kappa shape index (κ2) is 5.73. The molecule has 1 aliphatic rings. The Labute approximate surface area is 116 Å². The zero-order chi connectivity index (χ0) is 14.7. The highest BCUT2D eigenvalue weighted by atomic mass is 16.5. The molecule has 20 heavy (non-hydrogen) atoms. The molecule has 1 aliphatic heterocycles. The number of hydrogen-bond donors (Lipinski definition) is 1. The number of methoxy groups -OCH3 is 1. The van der Waals surface area contributed by atoms with Gasteiger partial charge in [0.25, 0.3) is 11.7 Å². The molecule has 106 valence electrons. The van der Waals surface area contributed by atoms with Crippen LogP contribution in [0.4, 0.5) is 5.69 Å². The van der Waals surface area contributed by atoms with Crippen LogP contribution in [0.2, 0.25) is 0 Å². The lowest BCUT2D eigenvalue weighted by Gasteiger charge is -2.16. The van der Waals surface area contributed by atoms with Crippen molar-refractivity contribution in [3.63, 3.8) is 0 Å². The van der Waals surface area contributed by atoms with Crippen LogP contribution in [-0.4, -0.2) is 37.8 Å². The number of anilines is 1. The molecule has 6 nitrogen and oxygen atoms in total. The van der Waals surface area contributed by atoms with E-state index in [0.29, 0.717) is 23.5 Å². The number of nitrogens with zero attached hydrogens (tertiary/aromatic N) is 1. The zero-order valence-electron chi connectivity index (χ0n) is 11.4. The number of carbonyl (C=O) groups is 3. The van der Waals surface area contributed by atoms with Crippen LogP contribution in [0.15, 0.2) is 18.2 Å². The van der Waals surface area contributed by atoms with Crippen molar-refractivity contribution in [3.8, 4) is 5.75 Å². The Morgan fingerprint density at radius 1 is 1.35 bits per heavy atom. The van der Waals surface area contributed by atoms with Crippen molar-refractivity contribution in [1.29, 1.82) is 0 Å². The van der Waals surface area contributed by atoms with Crippen molar-refractivity contribution in [2.24, 2.45) is 0 Å². The molecule has 2 rings (SSSR count). The van der Waals surface area contributed by atoms with Crippen molar-refractivity contribution < 1.29 is 19.1 Å². The van der Waals surface area contributed by atoms with Gasteiger partial charge in [-0.15, -0.1) is 0 Å². The van der Waals surface area contributed by atoms with Crippen molar-refractivity contribution in [3.05, 3.63) is 23.8 Å². The SMILES string of the molecule is CCNC(=O)CCN1C(=O)C(=O)c2cc(OC)ccc21. The first-order chi connectivity index (χ1) is 9.58. The summed E-state index contributed by atoms with van der Waals surface area (Å²) in [4.78, 5) is 36.6. The number of benzene rings is 1. The Morgan fingerprint density at radius 2 is 2.10 bits per heavy atom. The van der Waals surface area contributed by atoms with Crippen LogP contribution >= 0.6 is 0 Å². The van der Waals surface area contributed by atoms with Gasteiger partial charge < -0.3 is 15.0 Å². The number of fused-ring (bicyclic) bond motifs is 1. The average Bonchev–Trinajstić information content (AvgIpc) is 2.69. The average molecular weight is 276 g/mol. The number of Topliss-reactive ketones (excluding diaryl/α,β-unsaturated/α-hetero) is 1. The quantitative estimate of drug-likeness (QED) is 0.805. The number of rotatable bonds is 5. The summed E-state index contributed by atoms with van der Waals surface area (Å²) in [7, 11) is 1.50. The van der Waals surface area contributed by atoms with Crippen LogP contribution in [0.5, 0.6) is 5.75 Å². The second-order valence-corrected chi connectivity index (χ2v) is 4.37. The molecule has 0 spiro atoms. The van der Waals surface area contributed by atoms with Crippen molar-refractivity contribution in [1.82, 2.24) is 5.32 Å². The van der Waals surface area contributed by atoms with Gasteiger partial charge in [-0.05, 0) is 25.1 Å². The van der Waals surface area contributed by atoms with Crippen molar-refractivity contribution in [2.75, 3.05) is 25.1 Å². The molecule has 1 aromatic rings. The molecule has 2 amide bonds. The maximum atomic E-state index is 11.9. The van der Waals surface area contributed by atoms with E-state index < -0.39 is 11.7 Å². The Kier molecular flexibility index (Phi) is 4.02. The molecule has 6 heteroatoms. The minimum atomic E-state index is -0.599. The number of ether oxygens (including phenoxy) is 1. The highest BCUT2D eigenvalue weighted by Gasteiger charge is 2.35. The summed E-state index contributed by atoms with van der Waals surface area (Å²) in [5.74, 6) is -0.780. The minimum Gasteiger partial charge on any atom is -0.497 e. The molecule has 0 bridgehead atoms. The second-order valence-electron chi connectivity index (χ2n) is 4.37. The van der Waals surface area contributed by atoms with Gasteiger partial charge in [-0.3, -0.25) is 14.4 Å². The molecule has 0 saturated heterocycles. The molecular weight excluding hydrogens is 260 g/mol.